The largest absolute Gasteiger partial charge is 0.378 e. The van der Waals surface area contributed by atoms with Gasteiger partial charge in [0.15, 0.2) is 23.3 Å². The Bertz CT molecular complexity index is 554. The highest BCUT2D eigenvalue weighted by Crippen LogP contribution is 2.26. The topological polar surface area (TPSA) is 29.9 Å². The van der Waals surface area contributed by atoms with Gasteiger partial charge in [-0.2, -0.15) is 0 Å². The van der Waals surface area contributed by atoms with Gasteiger partial charge in [-0.05, 0) is 0 Å². The summed E-state index contributed by atoms with van der Waals surface area (Å²) in [6.07, 6.45) is 4.55. The van der Waals surface area contributed by atoms with Crippen LogP contribution in [0.25, 0.3) is 0 Å². The predicted molar refractivity (Wildman–Crippen MR) is 56.9 cm³/mol. The molecule has 0 aliphatic carbocycles. The zero-order chi connectivity index (χ0) is 14.0. The van der Waals surface area contributed by atoms with Crippen molar-refractivity contribution in [3.8, 4) is 0 Å². The maximum Gasteiger partial charge on any atom is 0.200 e. The summed E-state index contributed by atoms with van der Waals surface area (Å²) in [4.78, 5) is 3.74. The number of halogens is 5. The third kappa shape index (κ3) is 2.51. The molecule has 1 heterocycles. The SMILES string of the molecule is Fc1c(F)c(F)c(NCCn2ccnc2)c(F)c1F. The van der Waals surface area contributed by atoms with Crippen molar-refractivity contribution in [2.45, 2.75) is 6.54 Å². The molecule has 0 radical (unpaired) electrons. The van der Waals surface area contributed by atoms with Crippen molar-refractivity contribution in [1.82, 2.24) is 9.55 Å². The Kier molecular flexibility index (Phi) is 3.68. The summed E-state index contributed by atoms with van der Waals surface area (Å²) in [6.45, 7) is 0.244. The number of nitrogens with one attached hydrogen (secondary N) is 1. The average molecular weight is 277 g/mol. The number of aromatic nitrogens is 2. The van der Waals surface area contributed by atoms with Crippen LogP contribution in [0, 0.1) is 29.1 Å². The van der Waals surface area contributed by atoms with Gasteiger partial charge in [0.05, 0.1) is 6.33 Å². The van der Waals surface area contributed by atoms with Gasteiger partial charge in [0, 0.05) is 25.5 Å². The van der Waals surface area contributed by atoms with E-state index in [-0.39, 0.29) is 13.1 Å². The summed E-state index contributed by atoms with van der Waals surface area (Å²) < 4.78 is 66.7. The molecule has 0 saturated heterocycles. The second kappa shape index (κ2) is 5.25. The molecule has 0 atom stereocenters. The number of rotatable bonds is 4. The van der Waals surface area contributed by atoms with Crippen molar-refractivity contribution in [2.24, 2.45) is 0 Å². The van der Waals surface area contributed by atoms with E-state index in [0.29, 0.717) is 0 Å². The molecule has 102 valence electrons. The monoisotopic (exact) mass is 277 g/mol. The Morgan fingerprint density at radius 1 is 0.947 bits per heavy atom. The number of nitrogens with zero attached hydrogens (tertiary/aromatic N) is 2. The molecule has 1 aromatic carbocycles. The van der Waals surface area contributed by atoms with Crippen molar-refractivity contribution >= 4 is 5.69 Å². The van der Waals surface area contributed by atoms with Crippen LogP contribution < -0.4 is 5.32 Å². The Hall–Kier alpha value is -2.12. The van der Waals surface area contributed by atoms with Gasteiger partial charge < -0.3 is 9.88 Å². The second-order valence-corrected chi connectivity index (χ2v) is 3.67. The molecule has 2 rings (SSSR count). The fourth-order valence-electron chi connectivity index (χ4n) is 1.49. The van der Waals surface area contributed by atoms with Gasteiger partial charge in [-0.1, -0.05) is 0 Å². The lowest BCUT2D eigenvalue weighted by Gasteiger charge is -2.10. The standard InChI is InChI=1S/C11H8F5N3/c12-6-7(13)9(15)11(10(16)8(6)14)18-2-4-19-3-1-17-5-19/h1,3,5,18H,2,4H2. The molecule has 0 unspecified atom stereocenters. The third-order valence-corrected chi connectivity index (χ3v) is 2.44. The van der Waals surface area contributed by atoms with E-state index in [1.807, 2.05) is 0 Å². The first-order valence-electron chi connectivity index (χ1n) is 5.23. The number of hydrogen-bond acceptors (Lipinski definition) is 2. The van der Waals surface area contributed by atoms with Gasteiger partial charge in [0.25, 0.3) is 0 Å². The lowest BCUT2D eigenvalue weighted by molar-refractivity contribution is 0.381. The van der Waals surface area contributed by atoms with Gasteiger partial charge in [0.2, 0.25) is 5.82 Å². The molecule has 0 spiro atoms. The predicted octanol–water partition coefficient (Wildman–Crippen LogP) is 2.69. The van der Waals surface area contributed by atoms with Gasteiger partial charge >= 0.3 is 0 Å². The first-order chi connectivity index (χ1) is 9.02. The molecule has 0 fully saturated rings. The molecule has 0 saturated carbocycles. The van der Waals surface area contributed by atoms with Crippen LogP contribution >= 0.6 is 0 Å². The molecule has 0 aliphatic rings. The third-order valence-electron chi connectivity index (χ3n) is 2.44. The highest BCUT2D eigenvalue weighted by Gasteiger charge is 2.25. The van der Waals surface area contributed by atoms with E-state index in [2.05, 4.69) is 10.3 Å². The van der Waals surface area contributed by atoms with Crippen LogP contribution in [0.3, 0.4) is 0 Å². The van der Waals surface area contributed by atoms with E-state index in [4.69, 9.17) is 0 Å². The van der Waals surface area contributed by atoms with Crippen molar-refractivity contribution in [3.63, 3.8) is 0 Å². The molecular weight excluding hydrogens is 269 g/mol. The Morgan fingerprint density at radius 2 is 1.53 bits per heavy atom. The minimum Gasteiger partial charge on any atom is -0.378 e. The number of anilines is 1. The number of benzene rings is 1. The van der Waals surface area contributed by atoms with Crippen LogP contribution in [-0.4, -0.2) is 16.1 Å². The minimum atomic E-state index is -2.17. The van der Waals surface area contributed by atoms with E-state index in [0.717, 1.165) is 0 Å². The van der Waals surface area contributed by atoms with E-state index >= 15 is 0 Å². The molecule has 19 heavy (non-hydrogen) atoms. The lowest BCUT2D eigenvalue weighted by Crippen LogP contribution is -2.14. The molecule has 3 nitrogen and oxygen atoms in total. The van der Waals surface area contributed by atoms with Crippen LogP contribution in [-0.2, 0) is 6.54 Å². The Labute approximate surface area is 104 Å². The van der Waals surface area contributed by atoms with Gasteiger partial charge in [-0.25, -0.2) is 26.9 Å². The van der Waals surface area contributed by atoms with Gasteiger partial charge in [-0.3, -0.25) is 0 Å². The molecule has 2 aromatic rings. The second-order valence-electron chi connectivity index (χ2n) is 3.67. The molecule has 0 bridgehead atoms. The van der Waals surface area contributed by atoms with Gasteiger partial charge in [-0.15, -0.1) is 0 Å². The first kappa shape index (κ1) is 13.3. The first-order valence-corrected chi connectivity index (χ1v) is 5.23. The molecular formula is C11H8F5N3. The summed E-state index contributed by atoms with van der Waals surface area (Å²) in [6, 6.07) is 0. The quantitative estimate of drug-likeness (QED) is 0.529. The number of imidazole rings is 1. The molecule has 0 aliphatic heterocycles. The lowest BCUT2D eigenvalue weighted by atomic mass is 10.2. The fraction of sp³-hybridized carbons (Fsp3) is 0.182. The highest BCUT2D eigenvalue weighted by atomic mass is 19.2. The molecule has 8 heteroatoms. The van der Waals surface area contributed by atoms with Crippen molar-refractivity contribution in [2.75, 3.05) is 11.9 Å². The van der Waals surface area contributed by atoms with E-state index in [1.54, 1.807) is 10.8 Å². The summed E-state index contributed by atoms with van der Waals surface area (Å²) in [5.74, 6) is -9.85. The average Bonchev–Trinajstić information content (AvgIpc) is 2.91. The van der Waals surface area contributed by atoms with Crippen LogP contribution in [0.4, 0.5) is 27.6 Å². The smallest absolute Gasteiger partial charge is 0.200 e. The summed E-state index contributed by atoms with van der Waals surface area (Å²) in [5, 5.41) is 2.18. The Morgan fingerprint density at radius 3 is 2.05 bits per heavy atom. The van der Waals surface area contributed by atoms with Crippen LogP contribution in [0.5, 0.6) is 0 Å². The van der Waals surface area contributed by atoms with E-state index in [1.165, 1.54) is 12.5 Å². The van der Waals surface area contributed by atoms with Crippen molar-refractivity contribution in [3.05, 3.63) is 47.8 Å². The number of hydrogen-bond donors (Lipinski definition) is 1. The molecule has 1 aromatic heterocycles. The van der Waals surface area contributed by atoms with Gasteiger partial charge in [0.1, 0.15) is 5.69 Å². The molecule has 0 amide bonds. The van der Waals surface area contributed by atoms with E-state index < -0.39 is 34.8 Å². The van der Waals surface area contributed by atoms with Crippen molar-refractivity contribution < 1.29 is 22.0 Å². The summed E-state index contributed by atoms with van der Waals surface area (Å²) >= 11 is 0. The summed E-state index contributed by atoms with van der Waals surface area (Å²) in [5.41, 5.74) is -1.03. The summed E-state index contributed by atoms with van der Waals surface area (Å²) in [7, 11) is 0. The normalized spacial score (nSPS) is 10.8. The Balaban J connectivity index is 2.16. The highest BCUT2D eigenvalue weighted by molar-refractivity contribution is 5.47. The maximum atomic E-state index is 13.3. The minimum absolute atomic E-state index is 0.0191. The maximum absolute atomic E-state index is 13.3. The zero-order valence-corrected chi connectivity index (χ0v) is 9.43. The van der Waals surface area contributed by atoms with Crippen LogP contribution in [0.15, 0.2) is 18.7 Å². The van der Waals surface area contributed by atoms with E-state index in [9.17, 15) is 22.0 Å². The molecule has 1 N–H and O–H groups in total. The zero-order valence-electron chi connectivity index (χ0n) is 9.43. The van der Waals surface area contributed by atoms with Crippen LogP contribution in [0.2, 0.25) is 0 Å². The fourth-order valence-corrected chi connectivity index (χ4v) is 1.49. The van der Waals surface area contributed by atoms with Crippen LogP contribution in [0.1, 0.15) is 0 Å². The van der Waals surface area contributed by atoms with Crippen molar-refractivity contribution in [1.29, 1.82) is 0 Å².